The van der Waals surface area contributed by atoms with Gasteiger partial charge in [-0.1, -0.05) is 35.4 Å². The molecule has 0 heterocycles. The Bertz CT molecular complexity index is 181. The molecule has 1 aromatic rings. The fourth-order valence-electron chi connectivity index (χ4n) is 0.684. The van der Waals surface area contributed by atoms with Crippen molar-refractivity contribution in [1.82, 2.24) is 0 Å². The van der Waals surface area contributed by atoms with Crippen LogP contribution in [-0.4, -0.2) is 0 Å². The number of benzene rings is 1. The molecule has 1 aromatic carbocycles. The Labute approximate surface area is 79.6 Å². The second kappa shape index (κ2) is 4.90. The van der Waals surface area contributed by atoms with Gasteiger partial charge < -0.3 is 12.6 Å². The molecule has 0 aliphatic carbocycles. The van der Waals surface area contributed by atoms with Crippen LogP contribution in [0.5, 0.6) is 0 Å². The van der Waals surface area contributed by atoms with Crippen LogP contribution >= 0.6 is 0 Å². The molecule has 0 saturated heterocycles. The van der Waals surface area contributed by atoms with E-state index >= 15 is 0 Å². The summed E-state index contributed by atoms with van der Waals surface area (Å²) in [6.07, 6.45) is 0. The fourth-order valence-corrected chi connectivity index (χ4v) is 0.877. The van der Waals surface area contributed by atoms with E-state index in [4.69, 9.17) is 12.6 Å². The Kier molecular flexibility index (Phi) is 4.99. The Balaban J connectivity index is 0.000000810. The van der Waals surface area contributed by atoms with E-state index in [2.05, 4.69) is 31.2 Å². The maximum absolute atomic E-state index is 4.86. The topological polar surface area (TPSA) is 0 Å². The zero-order valence-corrected chi connectivity index (χ0v) is 7.24. The van der Waals surface area contributed by atoms with Crippen LogP contribution in [0.1, 0.15) is 11.1 Å². The summed E-state index contributed by atoms with van der Waals surface area (Å²) in [4.78, 5) is 0. The van der Waals surface area contributed by atoms with Gasteiger partial charge in [-0.15, -0.1) is 0 Å². The van der Waals surface area contributed by atoms with E-state index in [1.165, 1.54) is 11.1 Å². The number of hydrogen-bond acceptors (Lipinski definition) is 1. The van der Waals surface area contributed by atoms with Crippen molar-refractivity contribution in [3.05, 3.63) is 35.4 Å². The van der Waals surface area contributed by atoms with Crippen molar-refractivity contribution in [2.24, 2.45) is 0 Å². The normalized spacial score (nSPS) is 8.60. The first-order valence-corrected chi connectivity index (χ1v) is 3.54. The SMILES string of the molecule is Cc1ccc(C[S-])cc1.[Li+]. The van der Waals surface area contributed by atoms with Gasteiger partial charge in [0, 0.05) is 0 Å². The van der Waals surface area contributed by atoms with Gasteiger partial charge in [-0.2, -0.15) is 5.75 Å². The van der Waals surface area contributed by atoms with E-state index in [0.29, 0.717) is 0 Å². The molecule has 2 heteroatoms. The third-order valence-electron chi connectivity index (χ3n) is 1.29. The number of hydrogen-bond donors (Lipinski definition) is 0. The van der Waals surface area contributed by atoms with Crippen molar-refractivity contribution in [2.75, 3.05) is 0 Å². The van der Waals surface area contributed by atoms with E-state index in [1.807, 2.05) is 0 Å². The van der Waals surface area contributed by atoms with E-state index in [9.17, 15) is 0 Å². The van der Waals surface area contributed by atoms with Crippen LogP contribution in [0.4, 0.5) is 0 Å². The van der Waals surface area contributed by atoms with E-state index in [-0.39, 0.29) is 18.9 Å². The van der Waals surface area contributed by atoms with Gasteiger partial charge in [0.05, 0.1) is 0 Å². The molecule has 0 amide bonds. The molecule has 0 atom stereocenters. The summed E-state index contributed by atoms with van der Waals surface area (Å²) in [5.74, 6) is 0.722. The Hall–Kier alpha value is 0.167. The summed E-state index contributed by atoms with van der Waals surface area (Å²) in [7, 11) is 0. The van der Waals surface area contributed by atoms with Crippen LogP contribution in [0, 0.1) is 6.92 Å². The molecule has 0 saturated carbocycles. The van der Waals surface area contributed by atoms with Crippen molar-refractivity contribution in [2.45, 2.75) is 12.7 Å². The first kappa shape index (κ1) is 10.2. The monoisotopic (exact) mass is 144 g/mol. The Morgan fingerprint density at radius 2 is 1.70 bits per heavy atom. The molecule has 0 aliphatic heterocycles. The van der Waals surface area contributed by atoms with Crippen molar-refractivity contribution >= 4 is 12.6 Å². The standard InChI is InChI=1S/C8H10S.Li/c1-7-2-4-8(6-9)5-3-7;/h2-5,9H,6H2,1H3;/q;+1/p-1. The molecule has 0 fully saturated rings. The molecule has 1 rings (SSSR count). The first-order valence-electron chi connectivity index (χ1n) is 2.96. The zero-order chi connectivity index (χ0) is 6.69. The minimum Gasteiger partial charge on any atom is -0.788 e. The molecule has 0 unspecified atom stereocenters. The quantitative estimate of drug-likeness (QED) is 0.361. The summed E-state index contributed by atoms with van der Waals surface area (Å²) in [5.41, 5.74) is 2.53. The van der Waals surface area contributed by atoms with E-state index in [0.717, 1.165) is 5.75 Å². The van der Waals surface area contributed by atoms with Gasteiger partial charge >= 0.3 is 18.9 Å². The minimum absolute atomic E-state index is 0. The molecule has 0 aliphatic rings. The Morgan fingerprint density at radius 3 is 2.10 bits per heavy atom. The maximum Gasteiger partial charge on any atom is 1.00 e. The van der Waals surface area contributed by atoms with Gasteiger partial charge in [-0.05, 0) is 6.92 Å². The smallest absolute Gasteiger partial charge is 0.788 e. The molecule has 10 heavy (non-hydrogen) atoms. The minimum atomic E-state index is 0. The van der Waals surface area contributed by atoms with Gasteiger partial charge in [0.1, 0.15) is 0 Å². The number of aryl methyl sites for hydroxylation is 1. The summed E-state index contributed by atoms with van der Waals surface area (Å²) >= 11 is 4.86. The van der Waals surface area contributed by atoms with Crippen LogP contribution in [-0.2, 0) is 18.4 Å². The Morgan fingerprint density at radius 1 is 1.20 bits per heavy atom. The summed E-state index contributed by atoms with van der Waals surface area (Å²) in [6, 6.07) is 8.31. The van der Waals surface area contributed by atoms with Gasteiger partial charge in [-0.25, -0.2) is 0 Å². The third-order valence-corrected chi connectivity index (χ3v) is 1.62. The van der Waals surface area contributed by atoms with Crippen molar-refractivity contribution in [3.63, 3.8) is 0 Å². The van der Waals surface area contributed by atoms with Crippen molar-refractivity contribution < 1.29 is 18.9 Å². The van der Waals surface area contributed by atoms with Crippen LogP contribution in [0.3, 0.4) is 0 Å². The van der Waals surface area contributed by atoms with Gasteiger partial charge in [-0.3, -0.25) is 0 Å². The second-order valence-corrected chi connectivity index (χ2v) is 2.42. The van der Waals surface area contributed by atoms with Gasteiger partial charge in [0.2, 0.25) is 0 Å². The van der Waals surface area contributed by atoms with Crippen LogP contribution in [0.25, 0.3) is 0 Å². The summed E-state index contributed by atoms with van der Waals surface area (Å²) in [6.45, 7) is 2.08. The van der Waals surface area contributed by atoms with Crippen LogP contribution in [0.2, 0.25) is 0 Å². The summed E-state index contributed by atoms with van der Waals surface area (Å²) in [5, 5.41) is 0. The number of rotatable bonds is 1. The summed E-state index contributed by atoms with van der Waals surface area (Å²) < 4.78 is 0. The van der Waals surface area contributed by atoms with Crippen LogP contribution < -0.4 is 18.9 Å². The van der Waals surface area contributed by atoms with E-state index < -0.39 is 0 Å². The zero-order valence-electron chi connectivity index (χ0n) is 6.42. The first-order chi connectivity index (χ1) is 4.33. The molecule has 0 aromatic heterocycles. The molecule has 0 N–H and O–H groups in total. The average Bonchev–Trinajstić information content (AvgIpc) is 1.90. The maximum atomic E-state index is 4.86. The molecule has 0 bridgehead atoms. The van der Waals surface area contributed by atoms with Gasteiger partial charge in [0.15, 0.2) is 0 Å². The largest absolute Gasteiger partial charge is 1.00 e. The predicted molar refractivity (Wildman–Crippen MR) is 42.2 cm³/mol. The molecule has 0 nitrogen and oxygen atoms in total. The average molecular weight is 144 g/mol. The third kappa shape index (κ3) is 2.83. The van der Waals surface area contributed by atoms with Crippen molar-refractivity contribution in [3.8, 4) is 0 Å². The van der Waals surface area contributed by atoms with Crippen molar-refractivity contribution in [1.29, 1.82) is 0 Å². The predicted octanol–water partition coefficient (Wildman–Crippen LogP) is -0.954. The molecule has 0 radical (unpaired) electrons. The van der Waals surface area contributed by atoms with Gasteiger partial charge in [0.25, 0.3) is 0 Å². The molecule has 0 spiro atoms. The second-order valence-electron chi connectivity index (χ2n) is 2.13. The molecular formula is C8H9LiS. The molecule has 48 valence electrons. The van der Waals surface area contributed by atoms with E-state index in [1.54, 1.807) is 0 Å². The fraction of sp³-hybridized carbons (Fsp3) is 0.250. The molecular weight excluding hydrogens is 135 g/mol. The van der Waals surface area contributed by atoms with Crippen LogP contribution in [0.15, 0.2) is 24.3 Å².